The molecule has 0 aliphatic heterocycles. The van der Waals surface area contributed by atoms with Crippen molar-refractivity contribution in [3.8, 4) is 0 Å². The molecule has 0 spiro atoms. The summed E-state index contributed by atoms with van der Waals surface area (Å²) in [5.74, 6) is -0.995. The third kappa shape index (κ3) is 4.17. The maximum absolute atomic E-state index is 11.4. The van der Waals surface area contributed by atoms with Gasteiger partial charge in [-0.2, -0.15) is 0 Å². The summed E-state index contributed by atoms with van der Waals surface area (Å²) in [6.45, 7) is 0. The number of methoxy groups -OCH3 is 1. The van der Waals surface area contributed by atoms with Gasteiger partial charge >= 0.3 is 5.97 Å². The topological polar surface area (TPSA) is 63.6 Å². The van der Waals surface area contributed by atoms with E-state index in [0.717, 1.165) is 0 Å². The van der Waals surface area contributed by atoms with E-state index in [2.05, 4.69) is 4.74 Å². The lowest BCUT2D eigenvalue weighted by Crippen LogP contribution is -2.12. The standard InChI is InChI=1S/C12H13ClO4/c1-17-12(16)7-8(14)6-11(15)9-4-2-3-5-10(9)13/h2-5,11,15H,6-7H2,1H3. The Bertz CT molecular complexity index is 417. The molecule has 1 aromatic rings. The molecule has 17 heavy (non-hydrogen) atoms. The number of carbonyl (C=O) groups is 2. The fraction of sp³-hybridized carbons (Fsp3) is 0.333. The second kappa shape index (κ2) is 6.37. The maximum Gasteiger partial charge on any atom is 0.313 e. The van der Waals surface area contributed by atoms with Crippen LogP contribution in [0.5, 0.6) is 0 Å². The Kier molecular flexibility index (Phi) is 5.12. The molecule has 5 heteroatoms. The molecule has 0 saturated heterocycles. The number of Topliss-reactive ketones (excluding diaryl/α,β-unsaturated/α-hetero) is 1. The summed E-state index contributed by atoms with van der Waals surface area (Å²) in [5.41, 5.74) is 0.479. The number of esters is 1. The lowest BCUT2D eigenvalue weighted by atomic mass is 10.0. The smallest absolute Gasteiger partial charge is 0.313 e. The van der Waals surface area contributed by atoms with Gasteiger partial charge in [0.05, 0.1) is 13.2 Å². The number of hydrogen-bond donors (Lipinski definition) is 1. The van der Waals surface area contributed by atoms with E-state index in [1.54, 1.807) is 24.3 Å². The summed E-state index contributed by atoms with van der Waals surface area (Å²) in [4.78, 5) is 22.3. The molecule has 0 radical (unpaired) electrons. The van der Waals surface area contributed by atoms with Gasteiger partial charge in [-0.05, 0) is 11.6 Å². The van der Waals surface area contributed by atoms with E-state index in [1.165, 1.54) is 7.11 Å². The molecule has 0 saturated carbocycles. The SMILES string of the molecule is COC(=O)CC(=O)CC(O)c1ccccc1Cl. The van der Waals surface area contributed by atoms with Gasteiger partial charge in [0.15, 0.2) is 0 Å². The molecule has 92 valence electrons. The molecule has 1 N–H and O–H groups in total. The van der Waals surface area contributed by atoms with Gasteiger partial charge in [-0.25, -0.2) is 0 Å². The van der Waals surface area contributed by atoms with Crippen molar-refractivity contribution in [3.63, 3.8) is 0 Å². The second-order valence-corrected chi connectivity index (χ2v) is 3.94. The molecule has 1 aromatic carbocycles. The van der Waals surface area contributed by atoms with Crippen LogP contribution in [0.2, 0.25) is 5.02 Å². The quantitative estimate of drug-likeness (QED) is 0.646. The van der Waals surface area contributed by atoms with Gasteiger partial charge in [-0.3, -0.25) is 9.59 Å². The molecule has 0 aliphatic rings. The van der Waals surface area contributed by atoms with Crippen molar-refractivity contribution < 1.29 is 19.4 Å². The molecule has 4 nitrogen and oxygen atoms in total. The molecular formula is C12H13ClO4. The Hall–Kier alpha value is -1.39. The van der Waals surface area contributed by atoms with Gasteiger partial charge in [0.1, 0.15) is 12.2 Å². The van der Waals surface area contributed by atoms with E-state index in [4.69, 9.17) is 11.6 Å². The monoisotopic (exact) mass is 256 g/mol. The Morgan fingerprint density at radius 1 is 1.41 bits per heavy atom. The first-order valence-electron chi connectivity index (χ1n) is 5.05. The van der Waals surface area contributed by atoms with Crippen molar-refractivity contribution in [1.29, 1.82) is 0 Å². The Labute approximate surface area is 104 Å². The Balaban J connectivity index is 2.61. The van der Waals surface area contributed by atoms with E-state index >= 15 is 0 Å². The van der Waals surface area contributed by atoms with Crippen LogP contribution in [0.4, 0.5) is 0 Å². The van der Waals surface area contributed by atoms with Crippen LogP contribution >= 0.6 is 11.6 Å². The van der Waals surface area contributed by atoms with Gasteiger partial charge in [0.2, 0.25) is 0 Å². The lowest BCUT2D eigenvalue weighted by molar-refractivity contribution is -0.143. The van der Waals surface area contributed by atoms with Crippen LogP contribution in [0.25, 0.3) is 0 Å². The lowest BCUT2D eigenvalue weighted by Gasteiger charge is -2.11. The van der Waals surface area contributed by atoms with E-state index in [9.17, 15) is 14.7 Å². The van der Waals surface area contributed by atoms with Gasteiger partial charge < -0.3 is 9.84 Å². The van der Waals surface area contributed by atoms with Gasteiger partial charge in [0, 0.05) is 11.4 Å². The molecule has 0 aliphatic carbocycles. The molecule has 1 unspecified atom stereocenters. The van der Waals surface area contributed by atoms with Crippen molar-refractivity contribution in [2.75, 3.05) is 7.11 Å². The number of halogens is 1. The van der Waals surface area contributed by atoms with E-state index in [1.807, 2.05) is 0 Å². The fourth-order valence-corrected chi connectivity index (χ4v) is 1.64. The molecule has 0 amide bonds. The Morgan fingerprint density at radius 3 is 2.65 bits per heavy atom. The highest BCUT2D eigenvalue weighted by molar-refractivity contribution is 6.31. The summed E-state index contributed by atoms with van der Waals surface area (Å²) < 4.78 is 4.36. The number of ketones is 1. The predicted octanol–water partition coefficient (Wildman–Crippen LogP) is 1.90. The number of rotatable bonds is 5. The summed E-state index contributed by atoms with van der Waals surface area (Å²) in [6, 6.07) is 6.72. The molecule has 1 atom stereocenters. The number of benzene rings is 1. The van der Waals surface area contributed by atoms with Crippen molar-refractivity contribution in [1.82, 2.24) is 0 Å². The number of aliphatic hydroxyl groups is 1. The van der Waals surface area contributed by atoms with Crippen LogP contribution in [-0.2, 0) is 14.3 Å². The summed E-state index contributed by atoms with van der Waals surface area (Å²) in [6.07, 6.45) is -1.49. The first kappa shape index (κ1) is 13.7. The van der Waals surface area contributed by atoms with Crippen molar-refractivity contribution in [2.24, 2.45) is 0 Å². The first-order valence-corrected chi connectivity index (χ1v) is 5.43. The predicted molar refractivity (Wildman–Crippen MR) is 62.7 cm³/mol. The molecular weight excluding hydrogens is 244 g/mol. The van der Waals surface area contributed by atoms with Crippen LogP contribution < -0.4 is 0 Å². The maximum atomic E-state index is 11.4. The van der Waals surface area contributed by atoms with Crippen LogP contribution in [0.15, 0.2) is 24.3 Å². The molecule has 0 heterocycles. The molecule has 1 rings (SSSR count). The number of hydrogen-bond acceptors (Lipinski definition) is 4. The van der Waals surface area contributed by atoms with Gasteiger partial charge in [-0.1, -0.05) is 29.8 Å². The first-order chi connectivity index (χ1) is 8.04. The highest BCUT2D eigenvalue weighted by Gasteiger charge is 2.17. The summed E-state index contributed by atoms with van der Waals surface area (Å²) >= 11 is 5.87. The second-order valence-electron chi connectivity index (χ2n) is 3.53. The van der Waals surface area contributed by atoms with Gasteiger partial charge in [-0.15, -0.1) is 0 Å². The zero-order valence-corrected chi connectivity index (χ0v) is 10.1. The third-order valence-corrected chi connectivity index (χ3v) is 2.60. The fourth-order valence-electron chi connectivity index (χ4n) is 1.38. The summed E-state index contributed by atoms with van der Waals surface area (Å²) in [7, 11) is 1.21. The van der Waals surface area contributed by atoms with Crippen molar-refractivity contribution in [3.05, 3.63) is 34.9 Å². The zero-order chi connectivity index (χ0) is 12.8. The molecule has 0 aromatic heterocycles. The van der Waals surface area contributed by atoms with Crippen LogP contribution in [0, 0.1) is 0 Å². The minimum atomic E-state index is -0.999. The number of carbonyl (C=O) groups excluding carboxylic acids is 2. The summed E-state index contributed by atoms with van der Waals surface area (Å²) in [5, 5.41) is 10.2. The van der Waals surface area contributed by atoms with Crippen LogP contribution in [-0.4, -0.2) is 24.0 Å². The minimum Gasteiger partial charge on any atom is -0.469 e. The number of ether oxygens (including phenoxy) is 1. The average molecular weight is 257 g/mol. The van der Waals surface area contributed by atoms with Crippen LogP contribution in [0.3, 0.4) is 0 Å². The molecule has 0 fully saturated rings. The average Bonchev–Trinajstić information content (AvgIpc) is 2.29. The highest BCUT2D eigenvalue weighted by Crippen LogP contribution is 2.25. The van der Waals surface area contributed by atoms with Crippen molar-refractivity contribution in [2.45, 2.75) is 18.9 Å². The highest BCUT2D eigenvalue weighted by atomic mass is 35.5. The van der Waals surface area contributed by atoms with E-state index in [0.29, 0.717) is 10.6 Å². The van der Waals surface area contributed by atoms with E-state index in [-0.39, 0.29) is 18.6 Å². The minimum absolute atomic E-state index is 0.154. The number of aliphatic hydroxyl groups excluding tert-OH is 1. The molecule has 0 bridgehead atoms. The zero-order valence-electron chi connectivity index (χ0n) is 9.35. The van der Waals surface area contributed by atoms with Crippen molar-refractivity contribution >= 4 is 23.4 Å². The van der Waals surface area contributed by atoms with Crippen LogP contribution in [0.1, 0.15) is 24.5 Å². The normalized spacial score (nSPS) is 11.9. The van der Waals surface area contributed by atoms with E-state index < -0.39 is 12.1 Å². The largest absolute Gasteiger partial charge is 0.469 e. The van der Waals surface area contributed by atoms with Gasteiger partial charge in [0.25, 0.3) is 0 Å². The Morgan fingerprint density at radius 2 is 2.06 bits per heavy atom. The third-order valence-electron chi connectivity index (χ3n) is 2.25.